The van der Waals surface area contributed by atoms with Crippen LogP contribution in [0.3, 0.4) is 0 Å². The lowest BCUT2D eigenvalue weighted by atomic mass is 10.1. The molecule has 5 nitrogen and oxygen atoms in total. The number of aromatic nitrogens is 1. The molecule has 20 heavy (non-hydrogen) atoms. The Kier molecular flexibility index (Phi) is 4.82. The molecule has 0 atom stereocenters. The molecule has 0 saturated heterocycles. The van der Waals surface area contributed by atoms with Crippen molar-refractivity contribution in [1.82, 2.24) is 15.2 Å². The predicted octanol–water partition coefficient (Wildman–Crippen LogP) is 2.60. The van der Waals surface area contributed by atoms with E-state index in [0.717, 1.165) is 28.5 Å². The lowest BCUT2D eigenvalue weighted by Crippen LogP contribution is -2.10. The van der Waals surface area contributed by atoms with Crippen molar-refractivity contribution in [3.63, 3.8) is 0 Å². The second-order valence-corrected chi connectivity index (χ2v) is 5.37. The highest BCUT2D eigenvalue weighted by atomic mass is 32.1. The largest absolute Gasteiger partial charge is 0.303 e. The number of hydrogen-bond acceptors (Lipinski definition) is 5. The molecule has 2 aromatic rings. The summed E-state index contributed by atoms with van der Waals surface area (Å²) in [7, 11) is 4.06. The lowest BCUT2D eigenvalue weighted by Gasteiger charge is -2.05. The number of aliphatic imine (C=N–C) groups is 1. The van der Waals surface area contributed by atoms with Crippen LogP contribution in [0.15, 0.2) is 34.6 Å². The molecule has 1 aromatic carbocycles. The first kappa shape index (κ1) is 14.2. The average Bonchev–Trinajstić information content (AvgIpc) is 2.87. The van der Waals surface area contributed by atoms with Crippen LogP contribution < -0.4 is 5.32 Å². The first-order valence-corrected chi connectivity index (χ1v) is 6.94. The average molecular weight is 285 g/mol. The van der Waals surface area contributed by atoms with E-state index in [1.807, 2.05) is 38.4 Å². The number of thiazole rings is 1. The quantitative estimate of drug-likeness (QED) is 0.397. The molecule has 0 fully saturated rings. The smallest absolute Gasteiger partial charge is 0.182 e. The fourth-order valence-corrected chi connectivity index (χ4v) is 2.56. The molecular formula is C14H15N5S. The highest BCUT2D eigenvalue weighted by Gasteiger charge is 2.05. The number of benzene rings is 1. The van der Waals surface area contributed by atoms with Crippen molar-refractivity contribution in [2.45, 2.75) is 6.54 Å². The summed E-state index contributed by atoms with van der Waals surface area (Å²) in [4.78, 5) is 10.8. The highest BCUT2D eigenvalue weighted by Crippen LogP contribution is 2.24. The van der Waals surface area contributed by atoms with Crippen molar-refractivity contribution < 1.29 is 0 Å². The maximum Gasteiger partial charge on any atom is 0.182 e. The van der Waals surface area contributed by atoms with E-state index in [1.165, 1.54) is 6.34 Å². The third-order valence-corrected chi connectivity index (χ3v) is 3.34. The van der Waals surface area contributed by atoms with Crippen molar-refractivity contribution >= 4 is 23.4 Å². The predicted molar refractivity (Wildman–Crippen MR) is 81.8 cm³/mol. The topological polar surface area (TPSA) is 64.3 Å². The molecule has 0 unspecified atom stereocenters. The zero-order valence-corrected chi connectivity index (χ0v) is 12.2. The van der Waals surface area contributed by atoms with Gasteiger partial charge in [-0.25, -0.2) is 9.98 Å². The first-order valence-electron chi connectivity index (χ1n) is 6.06. The summed E-state index contributed by atoms with van der Waals surface area (Å²) in [5.74, 6) is 0. The van der Waals surface area contributed by atoms with Crippen molar-refractivity contribution in [2.24, 2.45) is 4.99 Å². The van der Waals surface area contributed by atoms with Crippen molar-refractivity contribution in [3.8, 4) is 17.5 Å². The number of hydrogen-bond donors (Lipinski definition) is 1. The van der Waals surface area contributed by atoms with E-state index in [-0.39, 0.29) is 0 Å². The Labute approximate surface area is 122 Å². The fraction of sp³-hybridized carbons (Fsp3) is 0.214. The molecular weight excluding hydrogens is 270 g/mol. The molecule has 6 heteroatoms. The van der Waals surface area contributed by atoms with Crippen LogP contribution in [0, 0.1) is 11.5 Å². The van der Waals surface area contributed by atoms with Gasteiger partial charge in [-0.05, 0) is 26.2 Å². The van der Waals surface area contributed by atoms with Crippen LogP contribution in [-0.4, -0.2) is 30.3 Å². The van der Waals surface area contributed by atoms with E-state index in [0.29, 0.717) is 0 Å². The normalized spacial score (nSPS) is 10.9. The maximum absolute atomic E-state index is 8.34. The van der Waals surface area contributed by atoms with Gasteiger partial charge < -0.3 is 4.90 Å². The van der Waals surface area contributed by atoms with Crippen LogP contribution in [-0.2, 0) is 6.54 Å². The summed E-state index contributed by atoms with van der Waals surface area (Å²) in [6, 6.07) is 7.76. The molecule has 0 spiro atoms. The second kappa shape index (κ2) is 6.80. The van der Waals surface area contributed by atoms with E-state index in [9.17, 15) is 0 Å². The van der Waals surface area contributed by atoms with Gasteiger partial charge in [0.25, 0.3) is 0 Å². The van der Waals surface area contributed by atoms with Crippen molar-refractivity contribution in [1.29, 1.82) is 5.26 Å². The van der Waals surface area contributed by atoms with Gasteiger partial charge in [0.1, 0.15) is 11.3 Å². The third-order valence-electron chi connectivity index (χ3n) is 2.51. The molecule has 2 rings (SSSR count). The number of rotatable bonds is 5. The minimum Gasteiger partial charge on any atom is -0.303 e. The Morgan fingerprint density at radius 2 is 2.15 bits per heavy atom. The van der Waals surface area contributed by atoms with Gasteiger partial charge in [0.2, 0.25) is 0 Å². The van der Waals surface area contributed by atoms with E-state index >= 15 is 0 Å². The van der Waals surface area contributed by atoms with Gasteiger partial charge in [0.05, 0.1) is 11.4 Å². The Bertz CT molecular complexity index is 622. The van der Waals surface area contributed by atoms with Gasteiger partial charge >= 0.3 is 0 Å². The first-order chi connectivity index (χ1) is 9.69. The van der Waals surface area contributed by atoms with Crippen molar-refractivity contribution in [2.75, 3.05) is 14.1 Å². The van der Waals surface area contributed by atoms with Gasteiger partial charge in [0, 0.05) is 17.5 Å². The summed E-state index contributed by atoms with van der Waals surface area (Å²) >= 11 is 1.67. The minimum atomic E-state index is 0.792. The molecule has 1 N–H and O–H groups in total. The van der Waals surface area contributed by atoms with Gasteiger partial charge in [0.15, 0.2) is 6.19 Å². The van der Waals surface area contributed by atoms with Crippen LogP contribution in [0.5, 0.6) is 0 Å². The summed E-state index contributed by atoms with van der Waals surface area (Å²) < 4.78 is 0. The monoisotopic (exact) mass is 285 g/mol. The zero-order chi connectivity index (χ0) is 14.4. The molecule has 1 heterocycles. The number of nitrogens with zero attached hydrogens (tertiary/aromatic N) is 4. The van der Waals surface area contributed by atoms with Gasteiger partial charge in [-0.1, -0.05) is 12.1 Å². The van der Waals surface area contributed by atoms with E-state index in [1.54, 1.807) is 17.5 Å². The molecule has 0 bridgehead atoms. The summed E-state index contributed by atoms with van der Waals surface area (Å²) in [5.41, 5.74) is 2.84. The summed E-state index contributed by atoms with van der Waals surface area (Å²) in [6.45, 7) is 0.854. The van der Waals surface area contributed by atoms with Crippen LogP contribution in [0.1, 0.15) is 5.01 Å². The lowest BCUT2D eigenvalue weighted by molar-refractivity contribution is 0.402. The molecule has 0 aliphatic rings. The van der Waals surface area contributed by atoms with Gasteiger partial charge in [-0.15, -0.1) is 11.3 Å². The van der Waals surface area contributed by atoms with Gasteiger partial charge in [-0.3, -0.25) is 5.32 Å². The second-order valence-electron chi connectivity index (χ2n) is 4.43. The van der Waals surface area contributed by atoms with E-state index < -0.39 is 0 Å². The molecule has 0 amide bonds. The van der Waals surface area contributed by atoms with Crippen LogP contribution in [0.25, 0.3) is 11.3 Å². The van der Waals surface area contributed by atoms with E-state index in [4.69, 9.17) is 5.26 Å². The van der Waals surface area contributed by atoms with Crippen LogP contribution >= 0.6 is 11.3 Å². The Morgan fingerprint density at radius 3 is 2.80 bits per heavy atom. The standard InChI is InChI=1S/C14H15N5S/c1-19(2)7-14-18-13(8-20-14)11-3-5-12(6-4-11)17-10-16-9-15/h3-6,8,10H,7H2,1-2H3,(H,16,17). The fourth-order valence-electron chi connectivity index (χ4n) is 1.64. The molecule has 0 aliphatic heterocycles. The van der Waals surface area contributed by atoms with Crippen LogP contribution in [0.2, 0.25) is 0 Å². The minimum absolute atomic E-state index is 0.792. The number of nitrogens with one attached hydrogen (secondary N) is 1. The third kappa shape index (κ3) is 3.88. The van der Waals surface area contributed by atoms with Gasteiger partial charge in [-0.2, -0.15) is 5.26 Å². The number of nitriles is 1. The maximum atomic E-state index is 8.34. The highest BCUT2D eigenvalue weighted by molar-refractivity contribution is 7.09. The SMILES string of the molecule is CN(C)Cc1nc(-c2ccc(N=CNC#N)cc2)cs1. The molecule has 0 aliphatic carbocycles. The Hall–Kier alpha value is -2.23. The summed E-state index contributed by atoms with van der Waals surface area (Å²) in [5, 5.41) is 13.9. The van der Waals surface area contributed by atoms with E-state index in [2.05, 4.69) is 25.6 Å². The Balaban J connectivity index is 2.10. The summed E-state index contributed by atoms with van der Waals surface area (Å²) in [6.07, 6.45) is 3.15. The molecule has 1 aromatic heterocycles. The molecule has 102 valence electrons. The molecule has 0 radical (unpaired) electrons. The zero-order valence-electron chi connectivity index (χ0n) is 11.4. The van der Waals surface area contributed by atoms with Crippen molar-refractivity contribution in [3.05, 3.63) is 34.7 Å². The Morgan fingerprint density at radius 1 is 1.40 bits per heavy atom. The van der Waals surface area contributed by atoms with Crippen LogP contribution in [0.4, 0.5) is 5.69 Å². The molecule has 0 saturated carbocycles.